The Morgan fingerprint density at radius 1 is 1.06 bits per heavy atom. The van der Waals surface area contributed by atoms with Gasteiger partial charge in [0, 0.05) is 11.9 Å². The van der Waals surface area contributed by atoms with Crippen LogP contribution < -0.4 is 20.7 Å². The molecule has 0 spiro atoms. The number of hydrogen-bond acceptors (Lipinski definition) is 6. The van der Waals surface area contributed by atoms with E-state index in [1.54, 1.807) is 57.2 Å². The highest BCUT2D eigenvalue weighted by molar-refractivity contribution is 6.09. The average Bonchev–Trinajstić information content (AvgIpc) is 2.68. The van der Waals surface area contributed by atoms with Gasteiger partial charge in [0.1, 0.15) is 23.2 Å². The third kappa shape index (κ3) is 7.61. The fourth-order valence-corrected chi connectivity index (χ4v) is 2.46. The first-order chi connectivity index (χ1) is 14.6. The van der Waals surface area contributed by atoms with Gasteiger partial charge in [-0.3, -0.25) is 9.59 Å². The van der Waals surface area contributed by atoms with Crippen LogP contribution in [0.1, 0.15) is 45.0 Å². The van der Waals surface area contributed by atoms with Crippen LogP contribution in [0, 0.1) is 0 Å². The Hall–Kier alpha value is -3.62. The molecule has 9 heteroatoms. The van der Waals surface area contributed by atoms with Crippen molar-refractivity contribution in [2.45, 2.75) is 46.3 Å². The maximum absolute atomic E-state index is 12.7. The Morgan fingerprint density at radius 2 is 1.74 bits per heavy atom. The Balaban J connectivity index is 2.04. The molecule has 0 radical (unpaired) electrons. The molecular formula is C22H28N4O5. The second-order valence-electron chi connectivity index (χ2n) is 7.67. The topological polar surface area (TPSA) is 119 Å². The van der Waals surface area contributed by atoms with E-state index in [0.717, 1.165) is 0 Å². The van der Waals surface area contributed by atoms with Crippen LogP contribution in [0.15, 0.2) is 42.6 Å². The zero-order valence-electron chi connectivity index (χ0n) is 18.3. The highest BCUT2D eigenvalue weighted by Crippen LogP contribution is 2.18. The van der Waals surface area contributed by atoms with Gasteiger partial charge in [0.15, 0.2) is 0 Å². The number of carbonyl (C=O) groups is 3. The van der Waals surface area contributed by atoms with E-state index in [-0.39, 0.29) is 11.4 Å². The van der Waals surface area contributed by atoms with Gasteiger partial charge in [-0.15, -0.1) is 0 Å². The van der Waals surface area contributed by atoms with E-state index >= 15 is 0 Å². The number of alkyl carbamates (subject to hydrolysis) is 1. The first-order valence-corrected chi connectivity index (χ1v) is 9.88. The number of benzene rings is 1. The molecule has 0 unspecified atom stereocenters. The van der Waals surface area contributed by atoms with Gasteiger partial charge < -0.3 is 25.4 Å². The Bertz CT molecular complexity index is 922. The fourth-order valence-electron chi connectivity index (χ4n) is 2.46. The van der Waals surface area contributed by atoms with E-state index in [2.05, 4.69) is 20.9 Å². The molecule has 0 aliphatic heterocycles. The number of aromatic nitrogens is 1. The van der Waals surface area contributed by atoms with Crippen LogP contribution in [0.2, 0.25) is 0 Å². The van der Waals surface area contributed by atoms with Crippen LogP contribution in [0.4, 0.5) is 16.3 Å². The average molecular weight is 428 g/mol. The monoisotopic (exact) mass is 428 g/mol. The summed E-state index contributed by atoms with van der Waals surface area (Å²) in [6, 6.07) is 9.14. The number of carbonyl (C=O) groups excluding carboxylic acids is 3. The summed E-state index contributed by atoms with van der Waals surface area (Å²) in [6.07, 6.45) is 0.736. The lowest BCUT2D eigenvalue weighted by atomic mass is 10.2. The summed E-state index contributed by atoms with van der Waals surface area (Å²) >= 11 is 0. The molecule has 0 saturated heterocycles. The maximum Gasteiger partial charge on any atom is 0.408 e. The first kappa shape index (κ1) is 23.7. The van der Waals surface area contributed by atoms with E-state index < -0.39 is 29.6 Å². The van der Waals surface area contributed by atoms with E-state index in [9.17, 15) is 14.4 Å². The summed E-state index contributed by atoms with van der Waals surface area (Å²) < 4.78 is 10.5. The highest BCUT2D eigenvalue weighted by atomic mass is 16.6. The van der Waals surface area contributed by atoms with Gasteiger partial charge in [-0.1, -0.05) is 0 Å². The van der Waals surface area contributed by atoms with Crippen molar-refractivity contribution in [2.75, 3.05) is 17.2 Å². The number of hydrogen-bond donors (Lipinski definition) is 3. The van der Waals surface area contributed by atoms with Crippen molar-refractivity contribution in [3.05, 3.63) is 48.2 Å². The number of pyridine rings is 1. The molecule has 0 fully saturated rings. The number of anilines is 2. The van der Waals surface area contributed by atoms with Gasteiger partial charge in [0.05, 0.1) is 12.2 Å². The van der Waals surface area contributed by atoms with Crippen molar-refractivity contribution >= 4 is 29.4 Å². The minimum absolute atomic E-state index is 0.0776. The largest absolute Gasteiger partial charge is 0.494 e. The first-order valence-electron chi connectivity index (χ1n) is 9.88. The van der Waals surface area contributed by atoms with Crippen molar-refractivity contribution in [3.8, 4) is 5.75 Å². The molecule has 3 N–H and O–H groups in total. The molecule has 0 aliphatic carbocycles. The zero-order chi connectivity index (χ0) is 23.0. The smallest absolute Gasteiger partial charge is 0.408 e. The third-order valence-corrected chi connectivity index (χ3v) is 3.84. The molecule has 2 aromatic rings. The van der Waals surface area contributed by atoms with Crippen LogP contribution in [0.25, 0.3) is 0 Å². The molecule has 1 aromatic heterocycles. The second-order valence-corrected chi connectivity index (χ2v) is 7.67. The lowest BCUT2D eigenvalue weighted by molar-refractivity contribution is -0.117. The van der Waals surface area contributed by atoms with E-state index in [4.69, 9.17) is 9.47 Å². The summed E-state index contributed by atoms with van der Waals surface area (Å²) in [5.41, 5.74) is 0.0525. The molecule has 1 heterocycles. The number of nitrogens with zero attached hydrogens (tertiary/aromatic N) is 1. The molecular weight excluding hydrogens is 400 g/mol. The summed E-state index contributed by atoms with van der Waals surface area (Å²) in [5, 5.41) is 7.77. The lowest BCUT2D eigenvalue weighted by Gasteiger charge is -2.21. The molecule has 0 saturated carbocycles. The quantitative estimate of drug-likeness (QED) is 0.620. The summed E-state index contributed by atoms with van der Waals surface area (Å²) in [7, 11) is 0. The number of rotatable bonds is 7. The standard InChI is InChI=1S/C22H28N4O5/c1-6-30-16-11-9-15(10-12-16)25-20(28)17-8-7-13-23-18(17)26-19(27)14(2)24-21(29)31-22(3,4)5/h7-14H,6H2,1-5H3,(H,24,29)(H,25,28)(H,23,26,27)/t14-/m1/s1. The zero-order valence-corrected chi connectivity index (χ0v) is 18.3. The summed E-state index contributed by atoms with van der Waals surface area (Å²) in [6.45, 7) is 9.10. The SMILES string of the molecule is CCOc1ccc(NC(=O)c2cccnc2NC(=O)[C@@H](C)NC(=O)OC(C)(C)C)cc1. The van der Waals surface area contributed by atoms with Crippen molar-refractivity contribution in [2.24, 2.45) is 0 Å². The maximum atomic E-state index is 12.7. The lowest BCUT2D eigenvalue weighted by Crippen LogP contribution is -2.44. The normalized spacial score (nSPS) is 11.8. The summed E-state index contributed by atoms with van der Waals surface area (Å²) in [5.74, 6) is -0.213. The van der Waals surface area contributed by atoms with Crippen LogP contribution in [0.5, 0.6) is 5.75 Å². The molecule has 9 nitrogen and oxygen atoms in total. The van der Waals surface area contributed by atoms with E-state index in [1.165, 1.54) is 13.1 Å². The van der Waals surface area contributed by atoms with Gasteiger partial charge in [-0.25, -0.2) is 9.78 Å². The van der Waals surface area contributed by atoms with E-state index in [0.29, 0.717) is 18.0 Å². The molecule has 0 bridgehead atoms. The molecule has 1 atom stereocenters. The minimum Gasteiger partial charge on any atom is -0.494 e. The van der Waals surface area contributed by atoms with Crippen LogP contribution in [-0.4, -0.2) is 41.1 Å². The molecule has 2 rings (SSSR count). The summed E-state index contributed by atoms with van der Waals surface area (Å²) in [4.78, 5) is 41.1. The van der Waals surface area contributed by atoms with Gasteiger partial charge in [0.2, 0.25) is 5.91 Å². The van der Waals surface area contributed by atoms with Gasteiger partial charge >= 0.3 is 6.09 Å². The number of amides is 3. The van der Waals surface area contributed by atoms with Crippen molar-refractivity contribution in [1.29, 1.82) is 0 Å². The highest BCUT2D eigenvalue weighted by Gasteiger charge is 2.22. The number of ether oxygens (including phenoxy) is 2. The predicted octanol–water partition coefficient (Wildman–Crippen LogP) is 3.58. The molecule has 31 heavy (non-hydrogen) atoms. The second kappa shape index (κ2) is 10.4. The Morgan fingerprint density at radius 3 is 2.35 bits per heavy atom. The Labute approximate surface area is 181 Å². The molecule has 3 amide bonds. The minimum atomic E-state index is -0.904. The van der Waals surface area contributed by atoms with Gasteiger partial charge in [-0.2, -0.15) is 0 Å². The molecule has 0 aliphatic rings. The fraction of sp³-hybridized carbons (Fsp3) is 0.364. The van der Waals surface area contributed by atoms with Crippen LogP contribution >= 0.6 is 0 Å². The van der Waals surface area contributed by atoms with Crippen molar-refractivity contribution in [1.82, 2.24) is 10.3 Å². The number of nitrogens with one attached hydrogen (secondary N) is 3. The van der Waals surface area contributed by atoms with Crippen LogP contribution in [-0.2, 0) is 9.53 Å². The van der Waals surface area contributed by atoms with Crippen molar-refractivity contribution < 1.29 is 23.9 Å². The third-order valence-electron chi connectivity index (χ3n) is 3.84. The molecule has 1 aromatic carbocycles. The van der Waals surface area contributed by atoms with E-state index in [1.807, 2.05) is 6.92 Å². The van der Waals surface area contributed by atoms with Crippen molar-refractivity contribution in [3.63, 3.8) is 0 Å². The molecule has 166 valence electrons. The van der Waals surface area contributed by atoms with Crippen LogP contribution in [0.3, 0.4) is 0 Å². The Kier molecular flexibility index (Phi) is 7.95. The van der Waals surface area contributed by atoms with Gasteiger partial charge in [0.25, 0.3) is 5.91 Å². The van der Waals surface area contributed by atoms with Gasteiger partial charge in [-0.05, 0) is 71.0 Å². The predicted molar refractivity (Wildman–Crippen MR) is 117 cm³/mol.